The van der Waals surface area contributed by atoms with Gasteiger partial charge in [0.25, 0.3) is 5.91 Å². The largest absolute Gasteiger partial charge is 0.415 e. The predicted molar refractivity (Wildman–Crippen MR) is 120 cm³/mol. The summed E-state index contributed by atoms with van der Waals surface area (Å²) < 4.78 is 6.19. The summed E-state index contributed by atoms with van der Waals surface area (Å²) in [5.74, 6) is 1.07. The zero-order valence-electron chi connectivity index (χ0n) is 18.5. The minimum absolute atomic E-state index is 0.0207. The van der Waals surface area contributed by atoms with E-state index in [-0.39, 0.29) is 10.9 Å². The van der Waals surface area contributed by atoms with Gasteiger partial charge < -0.3 is 14.6 Å². The maximum absolute atomic E-state index is 12.1. The van der Waals surface area contributed by atoms with E-state index in [9.17, 15) is 10.1 Å². The Hall–Kier alpha value is -2.76. The third-order valence-electron chi connectivity index (χ3n) is 5.87. The molecule has 0 fully saturated rings. The van der Waals surface area contributed by atoms with E-state index in [0.717, 1.165) is 11.1 Å². The van der Waals surface area contributed by atoms with Crippen LogP contribution < -0.4 is 5.32 Å². The summed E-state index contributed by atoms with van der Waals surface area (Å²) in [7, 11) is -0.0219. The number of benzene rings is 1. The molecule has 1 aromatic heterocycles. The molecule has 0 atom stereocenters. The Morgan fingerprint density at radius 1 is 1.27 bits per heavy atom. The first-order chi connectivity index (χ1) is 14.0. The third-order valence-corrected chi connectivity index (χ3v) is 10.4. The summed E-state index contributed by atoms with van der Waals surface area (Å²) >= 11 is 0. The number of nitriles is 1. The van der Waals surface area contributed by atoms with Gasteiger partial charge in [-0.2, -0.15) is 5.26 Å². The van der Waals surface area contributed by atoms with Crippen LogP contribution in [0.15, 0.2) is 24.3 Å². The Labute approximate surface area is 179 Å². The van der Waals surface area contributed by atoms with Gasteiger partial charge in [0.2, 0.25) is 0 Å². The van der Waals surface area contributed by atoms with E-state index >= 15 is 0 Å². The quantitative estimate of drug-likeness (QED) is 0.557. The number of rotatable bonds is 6. The van der Waals surface area contributed by atoms with Gasteiger partial charge >= 0.3 is 0 Å². The van der Waals surface area contributed by atoms with Crippen LogP contribution in [-0.4, -0.2) is 49.3 Å². The summed E-state index contributed by atoms with van der Waals surface area (Å²) in [4.78, 5) is 22.7. The Morgan fingerprint density at radius 3 is 2.67 bits per heavy atom. The molecule has 158 valence electrons. The lowest BCUT2D eigenvalue weighted by atomic mass is 10.1. The molecule has 0 aliphatic carbocycles. The number of carbonyl (C=O) groups is 1. The second kappa shape index (κ2) is 8.17. The normalized spacial score (nSPS) is 13.9. The molecule has 0 unspecified atom stereocenters. The van der Waals surface area contributed by atoms with Gasteiger partial charge in [0.15, 0.2) is 14.1 Å². The zero-order valence-corrected chi connectivity index (χ0v) is 19.5. The van der Waals surface area contributed by atoms with Gasteiger partial charge in [0, 0.05) is 37.3 Å². The van der Waals surface area contributed by atoms with Crippen molar-refractivity contribution in [3.63, 3.8) is 0 Å². The summed E-state index contributed by atoms with van der Waals surface area (Å²) in [5.41, 5.74) is 2.73. The SMILES string of the molecule is CN1Cc2cc(-c3nc(C#N)cc(NCCO[Si](C)(C)C(C)(C)C)n3)ccc2C1=O. The van der Waals surface area contributed by atoms with Crippen molar-refractivity contribution in [3.05, 3.63) is 41.1 Å². The lowest BCUT2D eigenvalue weighted by Crippen LogP contribution is -2.41. The molecule has 1 aliphatic rings. The number of nitrogens with one attached hydrogen (secondary N) is 1. The van der Waals surface area contributed by atoms with Crippen molar-refractivity contribution < 1.29 is 9.22 Å². The summed E-state index contributed by atoms with van der Waals surface area (Å²) in [5, 5.41) is 12.8. The molecule has 1 aliphatic heterocycles. The van der Waals surface area contributed by atoms with Gasteiger partial charge in [-0.15, -0.1) is 0 Å². The molecular weight excluding hydrogens is 394 g/mol. The molecule has 30 heavy (non-hydrogen) atoms. The van der Waals surface area contributed by atoms with Crippen molar-refractivity contribution in [2.45, 2.75) is 45.4 Å². The average Bonchev–Trinajstić information content (AvgIpc) is 2.97. The molecule has 1 amide bonds. The zero-order chi connectivity index (χ0) is 22.1. The Bertz CT molecular complexity index is 1010. The van der Waals surface area contributed by atoms with E-state index in [0.29, 0.717) is 42.6 Å². The van der Waals surface area contributed by atoms with Crippen LogP contribution >= 0.6 is 0 Å². The molecule has 0 spiro atoms. The first kappa shape index (κ1) is 21.9. The topological polar surface area (TPSA) is 91.1 Å². The van der Waals surface area contributed by atoms with Crippen molar-refractivity contribution >= 4 is 20.0 Å². The maximum Gasteiger partial charge on any atom is 0.254 e. The summed E-state index contributed by atoms with van der Waals surface area (Å²) in [6.45, 7) is 12.8. The fourth-order valence-corrected chi connectivity index (χ4v) is 4.08. The lowest BCUT2D eigenvalue weighted by molar-refractivity contribution is 0.0816. The minimum atomic E-state index is -1.80. The van der Waals surface area contributed by atoms with Crippen LogP contribution in [0.1, 0.15) is 42.4 Å². The molecule has 0 saturated carbocycles. The molecule has 0 bridgehead atoms. The first-order valence-electron chi connectivity index (χ1n) is 10.1. The molecule has 1 aromatic carbocycles. The van der Waals surface area contributed by atoms with Gasteiger partial charge in [-0.25, -0.2) is 9.97 Å². The summed E-state index contributed by atoms with van der Waals surface area (Å²) in [6, 6.07) is 9.30. The van der Waals surface area contributed by atoms with Crippen LogP contribution in [0.5, 0.6) is 0 Å². The second-order valence-corrected chi connectivity index (χ2v) is 14.0. The highest BCUT2D eigenvalue weighted by Gasteiger charge is 2.36. The fraction of sp³-hybridized carbons (Fsp3) is 0.455. The number of fused-ring (bicyclic) bond motifs is 1. The first-order valence-corrected chi connectivity index (χ1v) is 13.0. The van der Waals surface area contributed by atoms with E-state index in [1.165, 1.54) is 0 Å². The highest BCUT2D eigenvalue weighted by atomic mass is 28.4. The fourth-order valence-electron chi connectivity index (χ4n) is 3.03. The lowest BCUT2D eigenvalue weighted by Gasteiger charge is -2.36. The number of aromatic nitrogens is 2. The number of hydrogen-bond donors (Lipinski definition) is 1. The number of hydrogen-bond acceptors (Lipinski definition) is 6. The van der Waals surface area contributed by atoms with Crippen LogP contribution in [-0.2, 0) is 11.0 Å². The molecule has 0 radical (unpaired) electrons. The van der Waals surface area contributed by atoms with Crippen molar-refractivity contribution in [3.8, 4) is 17.5 Å². The van der Waals surface area contributed by atoms with Gasteiger partial charge in [0.05, 0.1) is 6.61 Å². The molecule has 0 saturated heterocycles. The molecule has 2 heterocycles. The highest BCUT2D eigenvalue weighted by molar-refractivity contribution is 6.74. The summed E-state index contributed by atoms with van der Waals surface area (Å²) in [6.07, 6.45) is 0. The van der Waals surface area contributed by atoms with Gasteiger partial charge in [-0.1, -0.05) is 26.8 Å². The van der Waals surface area contributed by atoms with Gasteiger partial charge in [-0.3, -0.25) is 4.79 Å². The molecule has 7 nitrogen and oxygen atoms in total. The van der Waals surface area contributed by atoms with E-state index in [4.69, 9.17) is 4.43 Å². The van der Waals surface area contributed by atoms with Crippen molar-refractivity contribution in [1.29, 1.82) is 5.26 Å². The number of carbonyl (C=O) groups excluding carboxylic acids is 1. The average molecular weight is 424 g/mol. The molecule has 3 rings (SSSR count). The predicted octanol–water partition coefficient (Wildman–Crippen LogP) is 4.03. The molecule has 2 aromatic rings. The van der Waals surface area contributed by atoms with Crippen LogP contribution in [0.4, 0.5) is 5.82 Å². The molecule has 1 N–H and O–H groups in total. The van der Waals surface area contributed by atoms with E-state index in [2.05, 4.69) is 55.2 Å². The standard InChI is InChI=1S/C22H29N5O2Si/c1-22(2,3)30(5,6)29-10-9-24-19-12-17(13-23)25-20(26-19)15-7-8-18-16(11-15)14-27(4)21(18)28/h7-8,11-12H,9-10,14H2,1-6H3,(H,24,25,26). The maximum atomic E-state index is 12.1. The van der Waals surface area contributed by atoms with Gasteiger partial charge in [0.1, 0.15) is 17.6 Å². The number of anilines is 1. The van der Waals surface area contributed by atoms with Crippen LogP contribution in [0.25, 0.3) is 11.4 Å². The second-order valence-electron chi connectivity index (χ2n) is 9.14. The Balaban J connectivity index is 1.75. The Kier molecular flexibility index (Phi) is 5.97. The number of amides is 1. The smallest absolute Gasteiger partial charge is 0.254 e. The van der Waals surface area contributed by atoms with Crippen LogP contribution in [0.3, 0.4) is 0 Å². The van der Waals surface area contributed by atoms with E-state index in [1.807, 2.05) is 12.1 Å². The monoisotopic (exact) mass is 423 g/mol. The van der Waals surface area contributed by atoms with Gasteiger partial charge in [-0.05, 0) is 35.8 Å². The van der Waals surface area contributed by atoms with Crippen LogP contribution in [0, 0.1) is 11.3 Å². The number of nitrogens with zero attached hydrogens (tertiary/aromatic N) is 4. The third kappa shape index (κ3) is 4.53. The van der Waals surface area contributed by atoms with E-state index in [1.54, 1.807) is 24.1 Å². The molecule has 8 heteroatoms. The Morgan fingerprint density at radius 2 is 2.00 bits per heavy atom. The van der Waals surface area contributed by atoms with Crippen LogP contribution in [0.2, 0.25) is 18.1 Å². The van der Waals surface area contributed by atoms with Crippen molar-refractivity contribution in [1.82, 2.24) is 14.9 Å². The van der Waals surface area contributed by atoms with Crippen molar-refractivity contribution in [2.75, 3.05) is 25.5 Å². The van der Waals surface area contributed by atoms with Crippen molar-refractivity contribution in [2.24, 2.45) is 0 Å². The minimum Gasteiger partial charge on any atom is -0.415 e. The highest BCUT2D eigenvalue weighted by Crippen LogP contribution is 2.36. The molecular formula is C22H29N5O2Si. The van der Waals surface area contributed by atoms with E-state index < -0.39 is 8.32 Å².